The summed E-state index contributed by atoms with van der Waals surface area (Å²) in [5.74, 6) is -1.65. The van der Waals surface area contributed by atoms with Crippen molar-refractivity contribution in [1.29, 1.82) is 0 Å². The van der Waals surface area contributed by atoms with Crippen LogP contribution in [0.3, 0.4) is 0 Å². The molecule has 0 radical (unpaired) electrons. The highest BCUT2D eigenvalue weighted by Crippen LogP contribution is 2.25. The lowest BCUT2D eigenvalue weighted by molar-refractivity contribution is -0.384. The van der Waals surface area contributed by atoms with Crippen LogP contribution in [0, 0.1) is 17.0 Å². The summed E-state index contributed by atoms with van der Waals surface area (Å²) >= 11 is 1.60. The maximum atomic E-state index is 12.3. The Morgan fingerprint density at radius 3 is 2.69 bits per heavy atom. The highest BCUT2D eigenvalue weighted by atomic mass is 32.1. The third kappa shape index (κ3) is 5.37. The third-order valence-corrected chi connectivity index (χ3v) is 5.67. The molecule has 0 unspecified atom stereocenters. The van der Waals surface area contributed by atoms with Gasteiger partial charge in [0.1, 0.15) is 0 Å². The molecule has 1 saturated heterocycles. The van der Waals surface area contributed by atoms with E-state index in [1.54, 1.807) is 18.3 Å². The number of rotatable bonds is 6. The highest BCUT2D eigenvalue weighted by molar-refractivity contribution is 7.10. The Bertz CT molecular complexity index is 881. The first kappa shape index (κ1) is 20.9. The molecule has 29 heavy (non-hydrogen) atoms. The quantitative estimate of drug-likeness (QED) is 0.422. The molecule has 10 heteroatoms. The summed E-state index contributed by atoms with van der Waals surface area (Å²) in [4.78, 5) is 38.3. The minimum Gasteiger partial charge on any atom is -0.379 e. The van der Waals surface area contributed by atoms with Crippen molar-refractivity contribution in [2.24, 2.45) is 0 Å². The Hall–Kier alpha value is -2.82. The van der Waals surface area contributed by atoms with Gasteiger partial charge in [0.05, 0.1) is 29.9 Å². The fourth-order valence-corrected chi connectivity index (χ4v) is 3.95. The van der Waals surface area contributed by atoms with Crippen molar-refractivity contribution in [2.45, 2.75) is 13.0 Å². The Labute approximate surface area is 171 Å². The van der Waals surface area contributed by atoms with E-state index in [2.05, 4.69) is 15.5 Å². The Morgan fingerprint density at radius 2 is 2.03 bits per heavy atom. The number of non-ortho nitro benzene ring substituents is 1. The number of amides is 2. The Balaban J connectivity index is 1.63. The number of hydrogen-bond donors (Lipinski definition) is 2. The summed E-state index contributed by atoms with van der Waals surface area (Å²) in [6.45, 7) is 4.73. The second-order valence-electron chi connectivity index (χ2n) is 6.60. The van der Waals surface area contributed by atoms with Crippen molar-refractivity contribution in [3.63, 3.8) is 0 Å². The molecule has 1 atom stereocenters. The summed E-state index contributed by atoms with van der Waals surface area (Å²) in [6.07, 6.45) is 0. The van der Waals surface area contributed by atoms with Gasteiger partial charge in [-0.05, 0) is 23.9 Å². The standard InChI is InChI=1S/C19H22N4O5S/c1-13-4-5-14(23(26)27)11-15(13)21-19(25)18(24)20-12-16(17-3-2-10-29-17)22-6-8-28-9-7-22/h2-5,10-11,16H,6-9,12H2,1H3,(H,20,24)(H,21,25)/t16-/m1/s1. The first-order valence-electron chi connectivity index (χ1n) is 9.15. The zero-order chi connectivity index (χ0) is 20.8. The van der Waals surface area contributed by atoms with Gasteiger partial charge in [-0.1, -0.05) is 12.1 Å². The third-order valence-electron chi connectivity index (χ3n) is 4.70. The number of nitrogens with one attached hydrogen (secondary N) is 2. The van der Waals surface area contributed by atoms with Crippen molar-refractivity contribution in [3.8, 4) is 0 Å². The number of carbonyl (C=O) groups is 2. The van der Waals surface area contributed by atoms with E-state index in [0.717, 1.165) is 18.0 Å². The lowest BCUT2D eigenvalue weighted by Crippen LogP contribution is -2.45. The number of carbonyl (C=O) groups excluding carboxylic acids is 2. The fourth-order valence-electron chi connectivity index (χ4n) is 3.09. The van der Waals surface area contributed by atoms with Gasteiger partial charge in [-0.25, -0.2) is 0 Å². The summed E-state index contributed by atoms with van der Waals surface area (Å²) in [7, 11) is 0. The lowest BCUT2D eigenvalue weighted by Gasteiger charge is -2.34. The zero-order valence-corrected chi connectivity index (χ0v) is 16.7. The SMILES string of the molecule is Cc1ccc([N+](=O)[O-])cc1NC(=O)C(=O)NC[C@H](c1cccs1)N1CCOCC1. The van der Waals surface area contributed by atoms with Gasteiger partial charge < -0.3 is 15.4 Å². The molecule has 3 rings (SSSR count). The van der Waals surface area contributed by atoms with E-state index in [9.17, 15) is 19.7 Å². The maximum absolute atomic E-state index is 12.3. The predicted molar refractivity (Wildman–Crippen MR) is 109 cm³/mol. The lowest BCUT2D eigenvalue weighted by atomic mass is 10.1. The number of nitro benzene ring substituents is 1. The first-order valence-corrected chi connectivity index (χ1v) is 10.0. The number of thiophene rings is 1. The number of anilines is 1. The monoisotopic (exact) mass is 418 g/mol. The molecule has 1 aliphatic heterocycles. The molecule has 9 nitrogen and oxygen atoms in total. The topological polar surface area (TPSA) is 114 Å². The van der Waals surface area contributed by atoms with Gasteiger partial charge in [0.2, 0.25) is 0 Å². The number of nitrogens with zero attached hydrogens (tertiary/aromatic N) is 2. The summed E-state index contributed by atoms with van der Waals surface area (Å²) in [5, 5.41) is 18.0. The number of hydrogen-bond acceptors (Lipinski definition) is 7. The fraction of sp³-hybridized carbons (Fsp3) is 0.368. The average Bonchev–Trinajstić information content (AvgIpc) is 3.24. The second kappa shape index (κ2) is 9.59. The van der Waals surface area contributed by atoms with Crippen LogP contribution >= 0.6 is 11.3 Å². The molecule has 1 aromatic heterocycles. The molecule has 0 saturated carbocycles. The minimum absolute atomic E-state index is 0.0461. The molecule has 2 aromatic rings. The van der Waals surface area contributed by atoms with Crippen LogP contribution in [-0.4, -0.2) is 54.5 Å². The van der Waals surface area contributed by atoms with Gasteiger partial charge in [-0.2, -0.15) is 0 Å². The summed E-state index contributed by atoms with van der Waals surface area (Å²) in [6, 6.07) is 8.02. The summed E-state index contributed by atoms with van der Waals surface area (Å²) < 4.78 is 5.40. The van der Waals surface area contributed by atoms with E-state index in [1.165, 1.54) is 18.2 Å². The average molecular weight is 418 g/mol. The molecule has 0 aliphatic carbocycles. The van der Waals surface area contributed by atoms with Gasteiger partial charge in [0.15, 0.2) is 0 Å². The van der Waals surface area contributed by atoms with Crippen LogP contribution in [0.2, 0.25) is 0 Å². The van der Waals surface area contributed by atoms with Crippen LogP contribution in [0.5, 0.6) is 0 Å². The van der Waals surface area contributed by atoms with E-state index < -0.39 is 16.7 Å². The van der Waals surface area contributed by atoms with Gasteiger partial charge in [-0.15, -0.1) is 11.3 Å². The molecule has 1 aliphatic rings. The van der Waals surface area contributed by atoms with Gasteiger partial charge >= 0.3 is 11.8 Å². The number of ether oxygens (including phenoxy) is 1. The molecule has 0 spiro atoms. The van der Waals surface area contributed by atoms with E-state index in [4.69, 9.17) is 4.74 Å². The van der Waals surface area contributed by atoms with Crippen molar-refractivity contribution in [1.82, 2.24) is 10.2 Å². The van der Waals surface area contributed by atoms with Crippen molar-refractivity contribution >= 4 is 34.5 Å². The molecular weight excluding hydrogens is 396 g/mol. The van der Waals surface area contributed by atoms with Gasteiger partial charge in [0.25, 0.3) is 5.69 Å². The van der Waals surface area contributed by atoms with E-state index in [1.807, 2.05) is 17.5 Å². The smallest absolute Gasteiger partial charge is 0.313 e. The zero-order valence-electron chi connectivity index (χ0n) is 15.9. The number of nitro groups is 1. The molecule has 2 heterocycles. The predicted octanol–water partition coefficient (Wildman–Crippen LogP) is 2.09. The number of morpholine rings is 1. The highest BCUT2D eigenvalue weighted by Gasteiger charge is 2.25. The van der Waals surface area contributed by atoms with Crippen LogP contribution < -0.4 is 10.6 Å². The van der Waals surface area contributed by atoms with Crippen LogP contribution in [0.15, 0.2) is 35.7 Å². The molecule has 1 fully saturated rings. The molecule has 2 amide bonds. The van der Waals surface area contributed by atoms with Crippen molar-refractivity contribution in [2.75, 3.05) is 38.2 Å². The normalized spacial score (nSPS) is 15.5. The Kier molecular flexibility index (Phi) is 6.91. The molecule has 154 valence electrons. The van der Waals surface area contributed by atoms with Crippen LogP contribution in [-0.2, 0) is 14.3 Å². The summed E-state index contributed by atoms with van der Waals surface area (Å²) in [5.41, 5.74) is 0.709. The minimum atomic E-state index is -0.861. The van der Waals surface area contributed by atoms with Crippen molar-refractivity contribution in [3.05, 3.63) is 56.3 Å². The van der Waals surface area contributed by atoms with Crippen LogP contribution in [0.1, 0.15) is 16.5 Å². The van der Waals surface area contributed by atoms with Crippen LogP contribution in [0.25, 0.3) is 0 Å². The van der Waals surface area contributed by atoms with Crippen molar-refractivity contribution < 1.29 is 19.2 Å². The Morgan fingerprint density at radius 1 is 1.28 bits per heavy atom. The largest absolute Gasteiger partial charge is 0.379 e. The van der Waals surface area contributed by atoms with E-state index in [0.29, 0.717) is 18.8 Å². The molecule has 1 aromatic carbocycles. The molecular formula is C19H22N4O5S. The van der Waals surface area contributed by atoms with Crippen LogP contribution in [0.4, 0.5) is 11.4 Å². The van der Waals surface area contributed by atoms with Gasteiger partial charge in [-0.3, -0.25) is 24.6 Å². The number of aryl methyl sites for hydroxylation is 1. The molecule has 0 bridgehead atoms. The van der Waals surface area contributed by atoms with Gasteiger partial charge in [0, 0.05) is 36.6 Å². The maximum Gasteiger partial charge on any atom is 0.313 e. The van der Waals surface area contributed by atoms with E-state index in [-0.39, 0.29) is 24.0 Å². The number of benzene rings is 1. The van der Waals surface area contributed by atoms with E-state index >= 15 is 0 Å². The second-order valence-corrected chi connectivity index (χ2v) is 7.58. The first-order chi connectivity index (χ1) is 14.0. The molecule has 2 N–H and O–H groups in total.